The molecule has 0 saturated carbocycles. The van der Waals surface area contributed by atoms with Crippen LogP contribution < -0.4 is 4.18 Å². The number of hydrogen-bond donors (Lipinski definition) is 1. The largest absolute Gasteiger partial charge is 0.488 e. The van der Waals surface area contributed by atoms with Gasteiger partial charge in [-0.15, -0.1) is 0 Å². The molecule has 84 valence electrons. The minimum absolute atomic E-state index is 0.214. The van der Waals surface area contributed by atoms with E-state index in [0.717, 1.165) is 12.1 Å². The first kappa shape index (κ1) is 11.9. The topological polar surface area (TPSA) is 84.3 Å². The van der Waals surface area contributed by atoms with Crippen LogP contribution in [0.3, 0.4) is 0 Å². The second kappa shape index (κ2) is 3.78. The van der Waals surface area contributed by atoms with Crippen molar-refractivity contribution in [2.75, 3.05) is 6.26 Å². The molecule has 15 heavy (non-hydrogen) atoms. The van der Waals surface area contributed by atoms with Gasteiger partial charge in [0.05, 0.1) is 9.73 Å². The van der Waals surface area contributed by atoms with E-state index in [1.54, 1.807) is 0 Å². The number of hydrogen-bond acceptors (Lipinski definition) is 5. The van der Waals surface area contributed by atoms with E-state index in [9.17, 15) is 16.5 Å². The van der Waals surface area contributed by atoms with Crippen molar-refractivity contribution in [3.05, 3.63) is 24.3 Å². The molecule has 1 rings (SSSR count). The van der Waals surface area contributed by atoms with Crippen molar-refractivity contribution in [3.63, 3.8) is 0 Å². The van der Waals surface area contributed by atoms with Gasteiger partial charge < -0.3 is 4.18 Å². The molecule has 0 amide bonds. The molecule has 0 bridgehead atoms. The lowest BCUT2D eigenvalue weighted by Gasteiger charge is -2.02. The monoisotopic (exact) mass is 253 g/mol. The van der Waals surface area contributed by atoms with E-state index >= 15 is 0 Å². The fourth-order valence-electron chi connectivity index (χ4n) is 0.870. The molecule has 0 aliphatic carbocycles. The van der Waals surface area contributed by atoms with Crippen molar-refractivity contribution in [1.29, 1.82) is 4.78 Å². The Labute approximate surface area is 87.3 Å². The van der Waals surface area contributed by atoms with Crippen LogP contribution in [0.4, 0.5) is 3.89 Å². The first-order valence-electron chi connectivity index (χ1n) is 3.66. The molecule has 0 fully saturated rings. The third-order valence-corrected chi connectivity index (χ3v) is 3.03. The van der Waals surface area contributed by atoms with Gasteiger partial charge in [0.15, 0.2) is 0 Å². The molecule has 5 nitrogen and oxygen atoms in total. The van der Waals surface area contributed by atoms with Crippen LogP contribution in [0.25, 0.3) is 0 Å². The lowest BCUT2D eigenvalue weighted by molar-refractivity contribution is 0.440. The Morgan fingerprint density at radius 3 is 2.00 bits per heavy atom. The molecule has 0 heterocycles. The van der Waals surface area contributed by atoms with Gasteiger partial charge in [0.1, 0.15) is 5.75 Å². The Morgan fingerprint density at radius 2 is 1.67 bits per heavy atom. The van der Waals surface area contributed by atoms with Gasteiger partial charge in [-0.2, -0.15) is 8.42 Å². The average Bonchev–Trinajstić information content (AvgIpc) is 2.00. The maximum atomic E-state index is 12.1. The maximum absolute atomic E-state index is 12.1. The van der Waals surface area contributed by atoms with Crippen LogP contribution in [0.15, 0.2) is 29.2 Å². The maximum Gasteiger partial charge on any atom is 0.488 e. The minimum Gasteiger partial charge on any atom is -0.358 e. The summed E-state index contributed by atoms with van der Waals surface area (Å²) in [6.45, 7) is 0. The Hall–Kier alpha value is -1.15. The fourth-order valence-corrected chi connectivity index (χ4v) is 1.87. The summed E-state index contributed by atoms with van der Waals surface area (Å²) in [4.78, 5) is 0.214. The summed E-state index contributed by atoms with van der Waals surface area (Å²) in [5.41, 5.74) is 0. The summed E-state index contributed by atoms with van der Waals surface area (Å²) in [5.74, 6) is -0.232. The molecule has 1 unspecified atom stereocenters. The summed E-state index contributed by atoms with van der Waals surface area (Å²) in [7, 11) is -7.91. The molecule has 0 radical (unpaired) electrons. The molecule has 0 saturated heterocycles. The van der Waals surface area contributed by atoms with E-state index in [1.807, 2.05) is 0 Å². The van der Waals surface area contributed by atoms with E-state index < -0.39 is 20.2 Å². The zero-order valence-electron chi connectivity index (χ0n) is 7.64. The molecule has 1 N–H and O–H groups in total. The third kappa shape index (κ3) is 3.84. The molecule has 8 heteroatoms. The Kier molecular flexibility index (Phi) is 3.00. The van der Waals surface area contributed by atoms with Gasteiger partial charge in [0.2, 0.25) is 0 Å². The lowest BCUT2D eigenvalue weighted by atomic mass is 10.3. The highest BCUT2D eigenvalue weighted by atomic mass is 32.3. The van der Waals surface area contributed by atoms with Crippen molar-refractivity contribution in [2.45, 2.75) is 4.90 Å². The van der Waals surface area contributed by atoms with Gasteiger partial charge in [-0.25, -0.2) is 8.99 Å². The molecular weight excluding hydrogens is 245 g/mol. The SMILES string of the molecule is CS(=N)(=O)c1ccc(OS(=O)(=O)F)cc1. The van der Waals surface area contributed by atoms with Crippen molar-refractivity contribution >= 4 is 20.2 Å². The normalized spacial score (nSPS) is 15.6. The third-order valence-electron chi connectivity index (χ3n) is 1.47. The minimum atomic E-state index is -5.04. The molecule has 1 aromatic carbocycles. The first-order chi connectivity index (χ1) is 6.68. The highest BCUT2D eigenvalue weighted by Gasteiger charge is 2.10. The van der Waals surface area contributed by atoms with Crippen LogP contribution in [0, 0.1) is 4.78 Å². The zero-order valence-corrected chi connectivity index (χ0v) is 9.27. The van der Waals surface area contributed by atoms with Crippen LogP contribution in [0.2, 0.25) is 0 Å². The van der Waals surface area contributed by atoms with E-state index in [0.29, 0.717) is 0 Å². The summed E-state index contributed by atoms with van der Waals surface area (Å²) in [6, 6.07) is 4.75. The summed E-state index contributed by atoms with van der Waals surface area (Å²) in [6.07, 6.45) is 1.22. The van der Waals surface area contributed by atoms with E-state index in [2.05, 4.69) is 4.18 Å². The second-order valence-corrected chi connectivity index (χ2v) is 5.90. The van der Waals surface area contributed by atoms with Crippen LogP contribution in [-0.2, 0) is 20.2 Å². The Balaban J connectivity index is 3.02. The van der Waals surface area contributed by atoms with E-state index in [4.69, 9.17) is 4.78 Å². The predicted octanol–water partition coefficient (Wildman–Crippen LogP) is 1.32. The van der Waals surface area contributed by atoms with Crippen LogP contribution in [0.5, 0.6) is 5.75 Å². The summed E-state index contributed by atoms with van der Waals surface area (Å²) in [5, 5.41) is 0. The molecule has 0 aliphatic rings. The van der Waals surface area contributed by atoms with Crippen molar-refractivity contribution < 1.29 is 20.7 Å². The van der Waals surface area contributed by atoms with Crippen LogP contribution >= 0.6 is 0 Å². The van der Waals surface area contributed by atoms with Gasteiger partial charge in [0.25, 0.3) is 0 Å². The van der Waals surface area contributed by atoms with E-state index in [1.165, 1.54) is 18.4 Å². The molecule has 0 aromatic heterocycles. The summed E-state index contributed by atoms with van der Waals surface area (Å²) < 4.78 is 54.6. The number of halogens is 1. The molecular formula is C7H8FNO4S2. The van der Waals surface area contributed by atoms with Gasteiger partial charge in [0, 0.05) is 11.2 Å². The smallest absolute Gasteiger partial charge is 0.358 e. The first-order valence-corrected chi connectivity index (χ1v) is 6.94. The quantitative estimate of drug-likeness (QED) is 0.823. The van der Waals surface area contributed by atoms with Gasteiger partial charge in [-0.1, -0.05) is 3.89 Å². The van der Waals surface area contributed by atoms with Gasteiger partial charge in [-0.3, -0.25) is 0 Å². The molecule has 0 spiro atoms. The average molecular weight is 253 g/mol. The zero-order chi connectivity index (χ0) is 11.7. The number of benzene rings is 1. The van der Waals surface area contributed by atoms with Crippen molar-refractivity contribution in [3.8, 4) is 5.75 Å². The Bertz CT molecular complexity index is 547. The summed E-state index contributed by atoms with van der Waals surface area (Å²) >= 11 is 0. The fraction of sp³-hybridized carbons (Fsp3) is 0.143. The highest BCUT2D eigenvalue weighted by molar-refractivity contribution is 7.91. The van der Waals surface area contributed by atoms with E-state index in [-0.39, 0.29) is 10.6 Å². The van der Waals surface area contributed by atoms with Crippen molar-refractivity contribution in [2.24, 2.45) is 0 Å². The van der Waals surface area contributed by atoms with Crippen molar-refractivity contribution in [1.82, 2.24) is 0 Å². The van der Waals surface area contributed by atoms with Gasteiger partial charge >= 0.3 is 10.5 Å². The van der Waals surface area contributed by atoms with Gasteiger partial charge in [-0.05, 0) is 24.3 Å². The predicted molar refractivity (Wildman–Crippen MR) is 52.1 cm³/mol. The van der Waals surface area contributed by atoms with Crippen LogP contribution in [0.1, 0.15) is 0 Å². The standard InChI is InChI=1S/C7H8FNO4S2/c1-14(9,10)7-4-2-6(3-5-7)13-15(8,11)12/h2-5,9H,1H3. The highest BCUT2D eigenvalue weighted by Crippen LogP contribution is 2.17. The Morgan fingerprint density at radius 1 is 1.20 bits per heavy atom. The number of nitrogens with one attached hydrogen (secondary N) is 1. The second-order valence-electron chi connectivity index (χ2n) is 2.79. The molecule has 1 aromatic rings. The lowest BCUT2D eigenvalue weighted by Crippen LogP contribution is -2.01. The van der Waals surface area contributed by atoms with Crippen LogP contribution in [-0.4, -0.2) is 18.9 Å². The number of rotatable bonds is 3. The molecule has 1 atom stereocenters. The molecule has 0 aliphatic heterocycles.